The maximum Gasteiger partial charge on any atom is 0.115 e. The van der Waals surface area contributed by atoms with Gasteiger partial charge in [0.25, 0.3) is 0 Å². The third kappa shape index (κ3) is 3.14. The first kappa shape index (κ1) is 12.7. The quantitative estimate of drug-likeness (QED) is 0.874. The minimum Gasteiger partial charge on any atom is -0.311 e. The average Bonchev–Trinajstić information content (AvgIpc) is 2.46. The minimum atomic E-state index is 0.237. The molecule has 0 saturated heterocycles. The van der Waals surface area contributed by atoms with Crippen molar-refractivity contribution in [1.29, 1.82) is 0 Å². The fourth-order valence-electron chi connectivity index (χ4n) is 2.01. The van der Waals surface area contributed by atoms with Gasteiger partial charge in [0.2, 0.25) is 0 Å². The van der Waals surface area contributed by atoms with Crippen LogP contribution < -0.4 is 5.32 Å². The van der Waals surface area contributed by atoms with Crippen LogP contribution in [0.25, 0.3) is 0 Å². The molecular formula is C15H19N3. The molecule has 1 N–H and O–H groups in total. The van der Waals surface area contributed by atoms with E-state index >= 15 is 0 Å². The number of hydrogen-bond donors (Lipinski definition) is 1. The predicted molar refractivity (Wildman–Crippen MR) is 73.4 cm³/mol. The van der Waals surface area contributed by atoms with E-state index in [0.717, 1.165) is 18.5 Å². The maximum atomic E-state index is 4.31. The van der Waals surface area contributed by atoms with E-state index in [4.69, 9.17) is 0 Å². The summed E-state index contributed by atoms with van der Waals surface area (Å²) >= 11 is 0. The number of benzene rings is 1. The molecule has 0 aliphatic carbocycles. The Morgan fingerprint density at radius 1 is 1.11 bits per heavy atom. The smallest absolute Gasteiger partial charge is 0.115 e. The fourth-order valence-corrected chi connectivity index (χ4v) is 2.01. The number of hydrogen-bond acceptors (Lipinski definition) is 3. The molecule has 1 atom stereocenters. The molecule has 0 saturated carbocycles. The van der Waals surface area contributed by atoms with Crippen LogP contribution in [0, 0.1) is 0 Å². The van der Waals surface area contributed by atoms with E-state index in [1.165, 1.54) is 11.1 Å². The summed E-state index contributed by atoms with van der Waals surface area (Å²) in [4.78, 5) is 8.26. The van der Waals surface area contributed by atoms with Crippen molar-refractivity contribution in [1.82, 2.24) is 15.3 Å². The van der Waals surface area contributed by atoms with E-state index in [9.17, 15) is 0 Å². The van der Waals surface area contributed by atoms with Crippen LogP contribution in [0.1, 0.15) is 29.8 Å². The summed E-state index contributed by atoms with van der Waals surface area (Å²) in [6.45, 7) is 2.17. The minimum absolute atomic E-state index is 0.237. The van der Waals surface area contributed by atoms with E-state index < -0.39 is 0 Å². The van der Waals surface area contributed by atoms with Crippen molar-refractivity contribution >= 4 is 0 Å². The Bertz CT molecular complexity index is 465. The number of nitrogens with zero attached hydrogens (tertiary/aromatic N) is 2. The summed E-state index contributed by atoms with van der Waals surface area (Å²) in [5, 5.41) is 3.31. The number of nitrogens with one attached hydrogen (secondary N) is 1. The van der Waals surface area contributed by atoms with Crippen molar-refractivity contribution in [2.24, 2.45) is 0 Å². The van der Waals surface area contributed by atoms with Crippen LogP contribution in [0.15, 0.2) is 42.9 Å². The van der Waals surface area contributed by atoms with Crippen LogP contribution in [-0.4, -0.2) is 17.0 Å². The molecule has 0 amide bonds. The van der Waals surface area contributed by atoms with Crippen molar-refractivity contribution in [3.8, 4) is 0 Å². The Balaban J connectivity index is 2.10. The van der Waals surface area contributed by atoms with Gasteiger partial charge >= 0.3 is 0 Å². The summed E-state index contributed by atoms with van der Waals surface area (Å²) < 4.78 is 0. The highest BCUT2D eigenvalue weighted by atomic mass is 14.9. The van der Waals surface area contributed by atoms with E-state index in [1.54, 1.807) is 12.5 Å². The molecule has 0 fully saturated rings. The largest absolute Gasteiger partial charge is 0.311 e. The Morgan fingerprint density at radius 2 is 1.83 bits per heavy atom. The fraction of sp³-hybridized carbons (Fsp3) is 0.333. The van der Waals surface area contributed by atoms with Crippen molar-refractivity contribution in [2.75, 3.05) is 7.05 Å². The van der Waals surface area contributed by atoms with E-state index in [2.05, 4.69) is 46.5 Å². The molecule has 0 radical (unpaired) electrons. The molecule has 0 bridgehead atoms. The van der Waals surface area contributed by atoms with Gasteiger partial charge < -0.3 is 5.32 Å². The lowest BCUT2D eigenvalue weighted by Crippen LogP contribution is -2.20. The molecule has 1 aromatic heterocycles. The summed E-state index contributed by atoms with van der Waals surface area (Å²) in [6.07, 6.45) is 5.41. The molecule has 3 heteroatoms. The Hall–Kier alpha value is -1.74. The number of aromatic nitrogens is 2. The van der Waals surface area contributed by atoms with Gasteiger partial charge in [0.15, 0.2) is 0 Å². The standard InChI is InChI=1S/C15H19N3/c1-3-12-4-6-13(7-5-12)10-15(16-2)14-8-9-17-11-18-14/h4-9,11,15-16H,3,10H2,1-2H3. The Labute approximate surface area is 108 Å². The van der Waals surface area contributed by atoms with Gasteiger partial charge in [-0.1, -0.05) is 31.2 Å². The van der Waals surface area contributed by atoms with Gasteiger partial charge in [0.1, 0.15) is 6.33 Å². The molecule has 3 nitrogen and oxygen atoms in total. The first-order chi connectivity index (χ1) is 8.83. The second-order valence-electron chi connectivity index (χ2n) is 4.35. The molecule has 0 spiro atoms. The van der Waals surface area contributed by atoms with Gasteiger partial charge in [-0.25, -0.2) is 9.97 Å². The SMILES string of the molecule is CCc1ccc(CC(NC)c2ccncn2)cc1. The van der Waals surface area contributed by atoms with Crippen LogP contribution >= 0.6 is 0 Å². The Morgan fingerprint density at radius 3 is 2.39 bits per heavy atom. The van der Waals surface area contributed by atoms with Crippen LogP contribution in [0.3, 0.4) is 0 Å². The normalized spacial score (nSPS) is 12.3. The summed E-state index contributed by atoms with van der Waals surface area (Å²) in [5.74, 6) is 0. The van der Waals surface area contributed by atoms with Gasteiger partial charge in [0, 0.05) is 6.20 Å². The van der Waals surface area contributed by atoms with Crippen LogP contribution in [-0.2, 0) is 12.8 Å². The summed E-state index contributed by atoms with van der Waals surface area (Å²) in [7, 11) is 1.97. The van der Waals surface area contributed by atoms with Gasteiger partial charge in [-0.05, 0) is 37.1 Å². The zero-order valence-corrected chi connectivity index (χ0v) is 10.9. The molecule has 2 aromatic rings. The predicted octanol–water partition coefficient (Wildman–Crippen LogP) is 2.54. The highest BCUT2D eigenvalue weighted by Crippen LogP contribution is 2.16. The first-order valence-electron chi connectivity index (χ1n) is 6.34. The number of aryl methyl sites for hydroxylation is 1. The zero-order valence-electron chi connectivity index (χ0n) is 10.9. The molecule has 0 aliphatic heterocycles. The third-order valence-corrected chi connectivity index (χ3v) is 3.18. The van der Waals surface area contributed by atoms with Crippen molar-refractivity contribution in [2.45, 2.75) is 25.8 Å². The summed E-state index contributed by atoms with van der Waals surface area (Å²) in [6, 6.07) is 11.0. The van der Waals surface area contributed by atoms with Gasteiger partial charge in [-0.2, -0.15) is 0 Å². The molecule has 1 aromatic carbocycles. The monoisotopic (exact) mass is 241 g/mol. The lowest BCUT2D eigenvalue weighted by atomic mass is 10.0. The van der Waals surface area contributed by atoms with Crippen molar-refractivity contribution < 1.29 is 0 Å². The van der Waals surface area contributed by atoms with Crippen LogP contribution in [0.4, 0.5) is 0 Å². The molecule has 18 heavy (non-hydrogen) atoms. The summed E-state index contributed by atoms with van der Waals surface area (Å²) in [5.41, 5.74) is 3.74. The van der Waals surface area contributed by atoms with E-state index in [1.807, 2.05) is 13.1 Å². The maximum absolute atomic E-state index is 4.31. The van der Waals surface area contributed by atoms with Crippen molar-refractivity contribution in [3.05, 3.63) is 59.7 Å². The number of rotatable bonds is 5. The lowest BCUT2D eigenvalue weighted by molar-refractivity contribution is 0.574. The van der Waals surface area contributed by atoms with Gasteiger partial charge in [0.05, 0.1) is 11.7 Å². The van der Waals surface area contributed by atoms with E-state index in [0.29, 0.717) is 0 Å². The van der Waals surface area contributed by atoms with Crippen LogP contribution in [0.2, 0.25) is 0 Å². The second kappa shape index (κ2) is 6.26. The third-order valence-electron chi connectivity index (χ3n) is 3.18. The van der Waals surface area contributed by atoms with E-state index in [-0.39, 0.29) is 6.04 Å². The van der Waals surface area contributed by atoms with Crippen molar-refractivity contribution in [3.63, 3.8) is 0 Å². The zero-order chi connectivity index (χ0) is 12.8. The van der Waals surface area contributed by atoms with Crippen LogP contribution in [0.5, 0.6) is 0 Å². The number of likely N-dealkylation sites (N-methyl/N-ethyl adjacent to an activating group) is 1. The van der Waals surface area contributed by atoms with Gasteiger partial charge in [-0.3, -0.25) is 0 Å². The lowest BCUT2D eigenvalue weighted by Gasteiger charge is -2.15. The molecule has 2 rings (SSSR count). The Kier molecular flexibility index (Phi) is 4.42. The molecule has 94 valence electrons. The molecule has 0 aliphatic rings. The molecular weight excluding hydrogens is 222 g/mol. The first-order valence-corrected chi connectivity index (χ1v) is 6.34. The topological polar surface area (TPSA) is 37.8 Å². The molecule has 1 heterocycles. The van der Waals surface area contributed by atoms with Gasteiger partial charge in [-0.15, -0.1) is 0 Å². The highest BCUT2D eigenvalue weighted by molar-refractivity contribution is 5.24. The highest BCUT2D eigenvalue weighted by Gasteiger charge is 2.10. The average molecular weight is 241 g/mol. The second-order valence-corrected chi connectivity index (χ2v) is 4.35. The molecule has 1 unspecified atom stereocenters.